The van der Waals surface area contributed by atoms with Crippen LogP contribution >= 0.6 is 23.5 Å². The fourth-order valence-corrected chi connectivity index (χ4v) is 4.64. The lowest BCUT2D eigenvalue weighted by Crippen LogP contribution is -2.23. The van der Waals surface area contributed by atoms with Gasteiger partial charge in [-0.1, -0.05) is 18.2 Å². The second kappa shape index (κ2) is 5.63. The number of rotatable bonds is 1. The largest absolute Gasteiger partial charge is 0.391 e. The van der Waals surface area contributed by atoms with E-state index in [0.717, 1.165) is 15.6 Å². The van der Waals surface area contributed by atoms with E-state index in [1.807, 2.05) is 37.3 Å². The van der Waals surface area contributed by atoms with Crippen molar-refractivity contribution in [2.24, 2.45) is 5.10 Å². The number of thioether (sulfide) groups is 2. The molecule has 1 N–H and O–H groups in total. The van der Waals surface area contributed by atoms with Gasteiger partial charge in [0, 0.05) is 11.5 Å². The molecule has 0 atom stereocenters. The Morgan fingerprint density at radius 1 is 1.25 bits per heavy atom. The van der Waals surface area contributed by atoms with Crippen LogP contribution in [-0.2, 0) is 4.79 Å². The Labute approximate surface area is 125 Å². The smallest absolute Gasteiger partial charge is 0.282 e. The Kier molecular flexibility index (Phi) is 3.87. The van der Waals surface area contributed by atoms with Crippen LogP contribution in [-0.4, -0.2) is 34.3 Å². The molecule has 4 nitrogen and oxygen atoms in total. The van der Waals surface area contributed by atoms with Crippen molar-refractivity contribution < 1.29 is 9.90 Å². The van der Waals surface area contributed by atoms with Crippen molar-refractivity contribution in [1.29, 1.82) is 0 Å². The molecule has 2 heterocycles. The molecule has 1 amide bonds. The second-order valence-corrected chi connectivity index (χ2v) is 6.90. The fourth-order valence-electron chi connectivity index (χ4n) is 2.06. The summed E-state index contributed by atoms with van der Waals surface area (Å²) in [6.45, 7) is 1.86. The maximum absolute atomic E-state index is 12.6. The van der Waals surface area contributed by atoms with E-state index < -0.39 is 0 Å². The number of para-hydroxylation sites is 1. The first-order valence-corrected chi connectivity index (χ1v) is 8.27. The number of carbonyl (C=O) groups excluding carboxylic acids is 1. The summed E-state index contributed by atoms with van der Waals surface area (Å²) in [5, 5.41) is 15.4. The molecule has 0 radical (unpaired) electrons. The summed E-state index contributed by atoms with van der Waals surface area (Å²) in [7, 11) is 0. The molecule has 1 fully saturated rings. The molecule has 1 aromatic carbocycles. The average Bonchev–Trinajstić information content (AvgIpc) is 2.76. The third-order valence-corrected chi connectivity index (χ3v) is 5.78. The number of nitrogens with zero attached hydrogens (tertiary/aromatic N) is 2. The third kappa shape index (κ3) is 2.51. The van der Waals surface area contributed by atoms with Crippen LogP contribution in [0.15, 0.2) is 45.2 Å². The van der Waals surface area contributed by atoms with E-state index in [1.165, 1.54) is 28.5 Å². The van der Waals surface area contributed by atoms with Gasteiger partial charge in [-0.3, -0.25) is 4.79 Å². The molecular weight excluding hydrogens is 292 g/mol. The molecule has 2 aliphatic rings. The zero-order valence-corrected chi connectivity index (χ0v) is 12.6. The minimum atomic E-state index is -0.298. The highest BCUT2D eigenvalue weighted by Gasteiger charge is 2.33. The summed E-state index contributed by atoms with van der Waals surface area (Å²) < 4.78 is 0.972. The molecule has 1 saturated heterocycles. The Morgan fingerprint density at radius 3 is 2.55 bits per heavy atom. The minimum absolute atomic E-state index is 0.0833. The molecule has 20 heavy (non-hydrogen) atoms. The van der Waals surface area contributed by atoms with Crippen molar-refractivity contribution in [1.82, 2.24) is 0 Å². The van der Waals surface area contributed by atoms with Crippen molar-refractivity contribution in [2.45, 2.75) is 13.0 Å². The molecule has 0 spiro atoms. The highest BCUT2D eigenvalue weighted by Crippen LogP contribution is 2.40. The van der Waals surface area contributed by atoms with Gasteiger partial charge in [0.2, 0.25) is 0 Å². The van der Waals surface area contributed by atoms with E-state index in [0.29, 0.717) is 17.1 Å². The Morgan fingerprint density at radius 2 is 1.90 bits per heavy atom. The number of hydrogen-bond acceptors (Lipinski definition) is 5. The molecule has 2 aliphatic heterocycles. The average molecular weight is 306 g/mol. The number of amides is 1. The summed E-state index contributed by atoms with van der Waals surface area (Å²) >= 11 is 3.08. The fraction of sp³-hybridized carbons (Fsp3) is 0.286. The number of hydrazone groups is 1. The molecule has 104 valence electrons. The number of benzene rings is 1. The Balaban J connectivity index is 1.91. The second-order valence-electron chi connectivity index (χ2n) is 4.58. The van der Waals surface area contributed by atoms with Gasteiger partial charge < -0.3 is 5.11 Å². The van der Waals surface area contributed by atoms with E-state index in [1.54, 1.807) is 0 Å². The lowest BCUT2D eigenvalue weighted by atomic mass is 10.2. The lowest BCUT2D eigenvalue weighted by Gasteiger charge is -2.20. The predicted octanol–water partition coefficient (Wildman–Crippen LogP) is 2.46. The number of aliphatic hydroxyl groups is 1. The van der Waals surface area contributed by atoms with Crippen LogP contribution in [0.25, 0.3) is 0 Å². The van der Waals surface area contributed by atoms with E-state index in [2.05, 4.69) is 5.10 Å². The van der Waals surface area contributed by atoms with Crippen molar-refractivity contribution in [2.75, 3.05) is 16.5 Å². The number of aliphatic hydroxyl groups excluding tert-OH is 1. The SMILES string of the molecule is CC1=NN(c2ccccc2)C(=O)C1=C1SCC(O)CS1. The number of anilines is 1. The summed E-state index contributed by atoms with van der Waals surface area (Å²) in [6, 6.07) is 9.42. The molecule has 1 aromatic rings. The maximum Gasteiger partial charge on any atom is 0.282 e. The number of hydrogen-bond donors (Lipinski definition) is 1. The predicted molar refractivity (Wildman–Crippen MR) is 85.0 cm³/mol. The van der Waals surface area contributed by atoms with Crippen molar-refractivity contribution >= 4 is 40.8 Å². The molecule has 0 saturated carbocycles. The molecule has 0 unspecified atom stereocenters. The third-order valence-electron chi connectivity index (χ3n) is 3.04. The van der Waals surface area contributed by atoms with E-state index in [-0.39, 0.29) is 12.0 Å². The van der Waals surface area contributed by atoms with Crippen molar-refractivity contribution in [3.8, 4) is 0 Å². The van der Waals surface area contributed by atoms with Crippen LogP contribution in [0.5, 0.6) is 0 Å². The van der Waals surface area contributed by atoms with Gasteiger partial charge in [0.1, 0.15) is 0 Å². The van der Waals surface area contributed by atoms with Crippen LogP contribution < -0.4 is 5.01 Å². The standard InChI is InChI=1S/C14H14N2O2S2/c1-9-12(14-19-7-11(17)8-20-14)13(18)16(15-9)10-5-3-2-4-6-10/h2-6,11,17H,7-8H2,1H3. The molecule has 3 rings (SSSR count). The summed E-state index contributed by atoms with van der Waals surface area (Å²) in [4.78, 5) is 12.6. The molecule has 6 heteroatoms. The number of carbonyl (C=O) groups is 1. The quantitative estimate of drug-likeness (QED) is 0.810. The first-order valence-electron chi connectivity index (χ1n) is 6.30. The van der Waals surface area contributed by atoms with Crippen LogP contribution in [0.3, 0.4) is 0 Å². The van der Waals surface area contributed by atoms with Crippen LogP contribution in [0.2, 0.25) is 0 Å². The Bertz CT molecular complexity index is 588. The molecular formula is C14H14N2O2S2. The molecule has 0 aromatic heterocycles. The highest BCUT2D eigenvalue weighted by atomic mass is 32.2. The monoisotopic (exact) mass is 306 g/mol. The van der Waals surface area contributed by atoms with Gasteiger partial charge in [0.15, 0.2) is 0 Å². The minimum Gasteiger partial charge on any atom is -0.391 e. The van der Waals surface area contributed by atoms with Gasteiger partial charge in [-0.25, -0.2) is 0 Å². The van der Waals surface area contributed by atoms with Crippen LogP contribution in [0.1, 0.15) is 6.92 Å². The molecule has 0 aliphatic carbocycles. The maximum atomic E-state index is 12.6. The normalized spacial score (nSPS) is 23.3. The van der Waals surface area contributed by atoms with Crippen LogP contribution in [0, 0.1) is 0 Å². The van der Waals surface area contributed by atoms with Gasteiger partial charge in [0.25, 0.3) is 5.91 Å². The zero-order valence-electron chi connectivity index (χ0n) is 10.9. The van der Waals surface area contributed by atoms with Crippen molar-refractivity contribution in [3.05, 3.63) is 40.1 Å². The van der Waals surface area contributed by atoms with Gasteiger partial charge in [-0.2, -0.15) is 10.1 Å². The van der Waals surface area contributed by atoms with Gasteiger partial charge in [0.05, 0.1) is 27.3 Å². The first-order chi connectivity index (χ1) is 9.66. The van der Waals surface area contributed by atoms with E-state index >= 15 is 0 Å². The van der Waals surface area contributed by atoms with Crippen LogP contribution in [0.4, 0.5) is 5.69 Å². The summed E-state index contributed by atoms with van der Waals surface area (Å²) in [5.74, 6) is 1.19. The van der Waals surface area contributed by atoms with Gasteiger partial charge >= 0.3 is 0 Å². The zero-order chi connectivity index (χ0) is 14.1. The molecule has 0 bridgehead atoms. The summed E-state index contributed by atoms with van der Waals surface area (Å²) in [6.07, 6.45) is -0.298. The van der Waals surface area contributed by atoms with E-state index in [4.69, 9.17) is 0 Å². The van der Waals surface area contributed by atoms with Gasteiger partial charge in [-0.15, -0.1) is 23.5 Å². The lowest BCUT2D eigenvalue weighted by molar-refractivity contribution is -0.114. The topological polar surface area (TPSA) is 52.9 Å². The van der Waals surface area contributed by atoms with Gasteiger partial charge in [-0.05, 0) is 19.1 Å². The first kappa shape index (κ1) is 13.7. The van der Waals surface area contributed by atoms with E-state index in [9.17, 15) is 9.90 Å². The Hall–Kier alpha value is -1.24. The summed E-state index contributed by atoms with van der Waals surface area (Å²) in [5.41, 5.74) is 2.19. The highest BCUT2D eigenvalue weighted by molar-refractivity contribution is 8.23. The van der Waals surface area contributed by atoms with Crippen molar-refractivity contribution in [3.63, 3.8) is 0 Å².